The molecule has 5 heteroatoms. The normalized spacial score (nSPS) is 9.64. The SMILES string of the molecule is C=CCNC(=O)Nc1ccc(C(=O)Nc2ccccc2)cc1. The van der Waals surface area contributed by atoms with Gasteiger partial charge in [0, 0.05) is 23.5 Å². The molecule has 0 bridgehead atoms. The van der Waals surface area contributed by atoms with Crippen LogP contribution in [0.2, 0.25) is 0 Å². The topological polar surface area (TPSA) is 70.2 Å². The van der Waals surface area contributed by atoms with Gasteiger partial charge in [-0.15, -0.1) is 6.58 Å². The van der Waals surface area contributed by atoms with Crippen LogP contribution in [-0.2, 0) is 0 Å². The molecule has 0 heterocycles. The molecule has 2 rings (SSSR count). The maximum atomic E-state index is 12.1. The van der Waals surface area contributed by atoms with E-state index in [0.717, 1.165) is 5.69 Å². The Kier molecular flexibility index (Phi) is 5.31. The molecular weight excluding hydrogens is 278 g/mol. The van der Waals surface area contributed by atoms with Crippen LogP contribution in [0.15, 0.2) is 67.3 Å². The fraction of sp³-hybridized carbons (Fsp3) is 0.0588. The van der Waals surface area contributed by atoms with Crippen molar-refractivity contribution in [2.75, 3.05) is 17.2 Å². The van der Waals surface area contributed by atoms with Gasteiger partial charge in [-0.2, -0.15) is 0 Å². The molecule has 0 saturated carbocycles. The molecule has 0 aliphatic rings. The summed E-state index contributed by atoms with van der Waals surface area (Å²) in [6.07, 6.45) is 1.59. The first-order valence-corrected chi connectivity index (χ1v) is 6.81. The number of amides is 3. The highest BCUT2D eigenvalue weighted by atomic mass is 16.2. The fourth-order valence-corrected chi connectivity index (χ4v) is 1.77. The van der Waals surface area contributed by atoms with E-state index in [1.807, 2.05) is 30.3 Å². The largest absolute Gasteiger partial charge is 0.334 e. The van der Waals surface area contributed by atoms with Gasteiger partial charge in [-0.3, -0.25) is 4.79 Å². The Labute approximate surface area is 129 Å². The van der Waals surface area contributed by atoms with Crippen molar-refractivity contribution in [1.82, 2.24) is 5.32 Å². The highest BCUT2D eigenvalue weighted by molar-refractivity contribution is 6.04. The van der Waals surface area contributed by atoms with Crippen molar-refractivity contribution < 1.29 is 9.59 Å². The zero-order valence-electron chi connectivity index (χ0n) is 12.0. The molecule has 0 atom stereocenters. The van der Waals surface area contributed by atoms with Crippen molar-refractivity contribution in [3.63, 3.8) is 0 Å². The Morgan fingerprint density at radius 3 is 2.18 bits per heavy atom. The van der Waals surface area contributed by atoms with E-state index in [0.29, 0.717) is 17.8 Å². The summed E-state index contributed by atoms with van der Waals surface area (Å²) in [6.45, 7) is 3.91. The fourth-order valence-electron chi connectivity index (χ4n) is 1.77. The van der Waals surface area contributed by atoms with Crippen LogP contribution in [0.1, 0.15) is 10.4 Å². The first-order chi connectivity index (χ1) is 10.7. The van der Waals surface area contributed by atoms with E-state index in [1.165, 1.54) is 0 Å². The summed E-state index contributed by atoms with van der Waals surface area (Å²) in [6, 6.07) is 15.6. The molecule has 0 aliphatic heterocycles. The Morgan fingerprint density at radius 1 is 0.909 bits per heavy atom. The first kappa shape index (κ1) is 15.3. The van der Waals surface area contributed by atoms with Crippen LogP contribution in [0, 0.1) is 0 Å². The second-order valence-corrected chi connectivity index (χ2v) is 4.52. The third kappa shape index (κ3) is 4.49. The van der Waals surface area contributed by atoms with Gasteiger partial charge >= 0.3 is 6.03 Å². The van der Waals surface area contributed by atoms with E-state index in [-0.39, 0.29) is 11.9 Å². The van der Waals surface area contributed by atoms with E-state index in [1.54, 1.807) is 30.3 Å². The molecular formula is C17H17N3O2. The van der Waals surface area contributed by atoms with Crippen LogP contribution in [-0.4, -0.2) is 18.5 Å². The number of hydrogen-bond acceptors (Lipinski definition) is 2. The van der Waals surface area contributed by atoms with Crippen molar-refractivity contribution >= 4 is 23.3 Å². The Bertz CT molecular complexity index is 651. The Balaban J connectivity index is 1.95. The van der Waals surface area contributed by atoms with Crippen molar-refractivity contribution in [3.8, 4) is 0 Å². The Hall–Kier alpha value is -3.08. The maximum Gasteiger partial charge on any atom is 0.319 e. The maximum absolute atomic E-state index is 12.1. The number of nitrogens with one attached hydrogen (secondary N) is 3. The molecule has 2 aromatic rings. The monoisotopic (exact) mass is 295 g/mol. The van der Waals surface area contributed by atoms with Crippen molar-refractivity contribution in [2.45, 2.75) is 0 Å². The van der Waals surface area contributed by atoms with Gasteiger partial charge in [0.25, 0.3) is 5.91 Å². The Morgan fingerprint density at radius 2 is 1.55 bits per heavy atom. The molecule has 3 N–H and O–H groups in total. The lowest BCUT2D eigenvalue weighted by Gasteiger charge is -2.08. The van der Waals surface area contributed by atoms with E-state index in [2.05, 4.69) is 22.5 Å². The van der Waals surface area contributed by atoms with E-state index < -0.39 is 0 Å². The number of rotatable bonds is 5. The predicted octanol–water partition coefficient (Wildman–Crippen LogP) is 3.25. The molecule has 22 heavy (non-hydrogen) atoms. The number of carbonyl (C=O) groups excluding carboxylic acids is 2. The van der Waals surface area contributed by atoms with E-state index in [4.69, 9.17) is 0 Å². The van der Waals surface area contributed by atoms with Gasteiger partial charge in [-0.1, -0.05) is 24.3 Å². The van der Waals surface area contributed by atoms with Crippen LogP contribution in [0.4, 0.5) is 16.2 Å². The smallest absolute Gasteiger partial charge is 0.319 e. The lowest BCUT2D eigenvalue weighted by molar-refractivity contribution is 0.102. The molecule has 0 radical (unpaired) electrons. The molecule has 0 fully saturated rings. The van der Waals surface area contributed by atoms with E-state index in [9.17, 15) is 9.59 Å². The highest BCUT2D eigenvalue weighted by Gasteiger charge is 2.06. The molecule has 3 amide bonds. The average Bonchev–Trinajstić information content (AvgIpc) is 2.54. The molecule has 112 valence electrons. The zero-order valence-corrected chi connectivity index (χ0v) is 12.0. The number of hydrogen-bond donors (Lipinski definition) is 3. The van der Waals surface area contributed by atoms with Crippen LogP contribution >= 0.6 is 0 Å². The molecule has 0 saturated heterocycles. The van der Waals surface area contributed by atoms with Gasteiger partial charge in [0.05, 0.1) is 0 Å². The van der Waals surface area contributed by atoms with Crippen LogP contribution < -0.4 is 16.0 Å². The first-order valence-electron chi connectivity index (χ1n) is 6.81. The van der Waals surface area contributed by atoms with Crippen LogP contribution in [0.5, 0.6) is 0 Å². The summed E-state index contributed by atoms with van der Waals surface area (Å²) in [5.74, 6) is -0.200. The zero-order chi connectivity index (χ0) is 15.8. The van der Waals surface area contributed by atoms with Gasteiger partial charge in [0.1, 0.15) is 0 Å². The lowest BCUT2D eigenvalue weighted by Crippen LogP contribution is -2.28. The number of anilines is 2. The summed E-state index contributed by atoms with van der Waals surface area (Å²) < 4.78 is 0. The van der Waals surface area contributed by atoms with Gasteiger partial charge < -0.3 is 16.0 Å². The van der Waals surface area contributed by atoms with Gasteiger partial charge in [0.15, 0.2) is 0 Å². The van der Waals surface area contributed by atoms with E-state index >= 15 is 0 Å². The van der Waals surface area contributed by atoms with Crippen molar-refractivity contribution in [2.24, 2.45) is 0 Å². The van der Waals surface area contributed by atoms with Crippen molar-refractivity contribution in [1.29, 1.82) is 0 Å². The quantitative estimate of drug-likeness (QED) is 0.741. The standard InChI is InChI=1S/C17H17N3O2/c1-2-12-18-17(22)20-15-10-8-13(9-11-15)16(21)19-14-6-4-3-5-7-14/h2-11H,1,12H2,(H,19,21)(H2,18,20,22). The average molecular weight is 295 g/mol. The molecule has 0 spiro atoms. The molecule has 0 aliphatic carbocycles. The highest BCUT2D eigenvalue weighted by Crippen LogP contribution is 2.12. The summed E-state index contributed by atoms with van der Waals surface area (Å²) in [7, 11) is 0. The number of urea groups is 1. The number of carbonyl (C=O) groups is 2. The second-order valence-electron chi connectivity index (χ2n) is 4.52. The van der Waals surface area contributed by atoms with Crippen LogP contribution in [0.3, 0.4) is 0 Å². The third-order valence-corrected chi connectivity index (χ3v) is 2.84. The molecule has 5 nitrogen and oxygen atoms in total. The van der Waals surface area contributed by atoms with Crippen LogP contribution in [0.25, 0.3) is 0 Å². The predicted molar refractivity (Wildman–Crippen MR) is 88.1 cm³/mol. The van der Waals surface area contributed by atoms with Gasteiger partial charge in [-0.25, -0.2) is 4.79 Å². The number of benzene rings is 2. The summed E-state index contributed by atoms with van der Waals surface area (Å²) in [4.78, 5) is 23.5. The lowest BCUT2D eigenvalue weighted by atomic mass is 10.2. The van der Waals surface area contributed by atoms with Crippen molar-refractivity contribution in [3.05, 3.63) is 72.8 Å². The molecule has 0 aromatic heterocycles. The van der Waals surface area contributed by atoms with Gasteiger partial charge in [0.2, 0.25) is 0 Å². The summed E-state index contributed by atoms with van der Waals surface area (Å²) >= 11 is 0. The summed E-state index contributed by atoms with van der Waals surface area (Å²) in [5, 5.41) is 8.06. The third-order valence-electron chi connectivity index (χ3n) is 2.84. The minimum absolute atomic E-state index is 0.200. The second kappa shape index (κ2) is 7.64. The molecule has 0 unspecified atom stereocenters. The number of para-hydroxylation sites is 1. The minimum Gasteiger partial charge on any atom is -0.334 e. The van der Waals surface area contributed by atoms with Gasteiger partial charge in [-0.05, 0) is 36.4 Å². The minimum atomic E-state index is -0.318. The molecule has 2 aromatic carbocycles. The summed E-state index contributed by atoms with van der Waals surface area (Å²) in [5.41, 5.74) is 1.86.